The van der Waals surface area contributed by atoms with Crippen molar-refractivity contribution < 1.29 is 14.1 Å². The zero-order chi connectivity index (χ0) is 20.8. The second-order valence-corrected chi connectivity index (χ2v) is 6.66. The number of hydrogen-bond donors (Lipinski definition) is 1. The normalized spacial score (nSPS) is 10.6. The van der Waals surface area contributed by atoms with Crippen LogP contribution >= 0.6 is 0 Å². The fourth-order valence-electron chi connectivity index (χ4n) is 3.02. The molecule has 2 aromatic carbocycles. The molecule has 150 valence electrons. The van der Waals surface area contributed by atoms with Gasteiger partial charge in [-0.05, 0) is 41.5 Å². The molecule has 0 unspecified atom stereocenters. The number of hydrogen-bond acceptors (Lipinski definition) is 6. The van der Waals surface area contributed by atoms with Crippen LogP contribution < -0.4 is 10.1 Å². The summed E-state index contributed by atoms with van der Waals surface area (Å²) in [5.41, 5.74) is 3.30. The number of nitrogens with zero attached hydrogens (tertiary/aromatic N) is 3. The number of benzene rings is 2. The minimum atomic E-state index is -0.103. The van der Waals surface area contributed by atoms with Crippen molar-refractivity contribution in [3.63, 3.8) is 0 Å². The Labute approximate surface area is 173 Å². The van der Waals surface area contributed by atoms with Crippen molar-refractivity contribution in [2.24, 2.45) is 0 Å². The number of ether oxygens (including phenoxy) is 1. The number of aromatic nitrogens is 3. The predicted molar refractivity (Wildman–Crippen MR) is 112 cm³/mol. The lowest BCUT2D eigenvalue weighted by Crippen LogP contribution is -2.15. The van der Waals surface area contributed by atoms with Crippen molar-refractivity contribution in [1.29, 1.82) is 0 Å². The molecular weight excluding hydrogens is 380 g/mol. The Morgan fingerprint density at radius 3 is 2.67 bits per heavy atom. The first-order chi connectivity index (χ1) is 14.7. The van der Waals surface area contributed by atoms with Gasteiger partial charge in [-0.1, -0.05) is 35.5 Å². The number of rotatable bonds is 7. The molecule has 0 aliphatic carbocycles. The zero-order valence-electron chi connectivity index (χ0n) is 16.4. The van der Waals surface area contributed by atoms with Crippen molar-refractivity contribution >= 4 is 11.6 Å². The quantitative estimate of drug-likeness (QED) is 0.506. The van der Waals surface area contributed by atoms with Crippen molar-refractivity contribution in [1.82, 2.24) is 15.1 Å². The first-order valence-electron chi connectivity index (χ1n) is 9.45. The summed E-state index contributed by atoms with van der Waals surface area (Å²) in [6, 6.07) is 18.7. The van der Waals surface area contributed by atoms with Crippen molar-refractivity contribution in [3.8, 4) is 17.1 Å². The van der Waals surface area contributed by atoms with Gasteiger partial charge in [0, 0.05) is 23.6 Å². The zero-order valence-corrected chi connectivity index (χ0v) is 16.4. The van der Waals surface area contributed by atoms with Crippen LogP contribution in [0.4, 0.5) is 5.69 Å². The Morgan fingerprint density at radius 2 is 1.90 bits per heavy atom. The van der Waals surface area contributed by atoms with Gasteiger partial charge < -0.3 is 14.6 Å². The molecule has 30 heavy (non-hydrogen) atoms. The molecule has 0 spiro atoms. The number of methoxy groups -OCH3 is 1. The van der Waals surface area contributed by atoms with Gasteiger partial charge in [-0.3, -0.25) is 9.78 Å². The second-order valence-electron chi connectivity index (χ2n) is 6.66. The van der Waals surface area contributed by atoms with Crippen molar-refractivity contribution in [2.45, 2.75) is 12.8 Å². The van der Waals surface area contributed by atoms with E-state index in [1.54, 1.807) is 19.5 Å². The second kappa shape index (κ2) is 9.00. The summed E-state index contributed by atoms with van der Waals surface area (Å²) in [5.74, 6) is 1.61. The molecule has 0 bridgehead atoms. The summed E-state index contributed by atoms with van der Waals surface area (Å²) in [5, 5.41) is 7.00. The highest BCUT2D eigenvalue weighted by Gasteiger charge is 2.13. The van der Waals surface area contributed by atoms with Gasteiger partial charge in [-0.25, -0.2) is 0 Å². The number of anilines is 1. The fourth-order valence-corrected chi connectivity index (χ4v) is 3.02. The molecule has 7 nitrogen and oxygen atoms in total. The summed E-state index contributed by atoms with van der Waals surface area (Å²) in [6.07, 6.45) is 4.05. The van der Waals surface area contributed by atoms with Crippen LogP contribution in [0.15, 0.2) is 77.6 Å². The van der Waals surface area contributed by atoms with Gasteiger partial charge in [-0.15, -0.1) is 0 Å². The lowest BCUT2D eigenvalue weighted by atomic mass is 10.1. The van der Waals surface area contributed by atoms with E-state index in [4.69, 9.17) is 9.26 Å². The third kappa shape index (κ3) is 4.70. The Kier molecular flexibility index (Phi) is 5.80. The SMILES string of the molecule is COc1ccc(CC(=O)Nc2ccccc2Cc2nc(-c3cccnc3)no2)cc1. The van der Waals surface area contributed by atoms with Crippen LogP contribution in [-0.4, -0.2) is 28.1 Å². The van der Waals surface area contributed by atoms with Crippen LogP contribution in [-0.2, 0) is 17.6 Å². The molecule has 0 fully saturated rings. The van der Waals surface area contributed by atoms with Gasteiger partial charge in [0.1, 0.15) is 5.75 Å². The summed E-state index contributed by atoms with van der Waals surface area (Å²) < 4.78 is 10.5. The molecule has 4 aromatic rings. The number of carbonyl (C=O) groups excluding carboxylic acids is 1. The monoisotopic (exact) mass is 400 g/mol. The molecule has 2 aromatic heterocycles. The lowest BCUT2D eigenvalue weighted by molar-refractivity contribution is -0.115. The van der Waals surface area contributed by atoms with Crippen LogP contribution in [0.5, 0.6) is 5.75 Å². The van der Waals surface area contributed by atoms with Gasteiger partial charge in [0.05, 0.1) is 20.0 Å². The third-order valence-electron chi connectivity index (χ3n) is 4.54. The molecule has 0 radical (unpaired) electrons. The van der Waals surface area contributed by atoms with E-state index in [1.807, 2.05) is 60.7 Å². The van der Waals surface area contributed by atoms with E-state index in [0.29, 0.717) is 18.1 Å². The lowest BCUT2D eigenvalue weighted by Gasteiger charge is -2.10. The maximum atomic E-state index is 12.5. The third-order valence-corrected chi connectivity index (χ3v) is 4.54. The largest absolute Gasteiger partial charge is 0.497 e. The van der Waals surface area contributed by atoms with E-state index in [0.717, 1.165) is 28.1 Å². The Balaban J connectivity index is 1.45. The topological polar surface area (TPSA) is 90.1 Å². The van der Waals surface area contributed by atoms with Crippen molar-refractivity contribution in [2.75, 3.05) is 12.4 Å². The summed E-state index contributed by atoms with van der Waals surface area (Å²) in [6.45, 7) is 0. The predicted octanol–water partition coefficient (Wildman–Crippen LogP) is 3.91. The number of amides is 1. The maximum Gasteiger partial charge on any atom is 0.231 e. The van der Waals surface area contributed by atoms with E-state index >= 15 is 0 Å². The standard InChI is InChI=1S/C23H20N4O3/c1-29-19-10-8-16(9-11-19)13-21(28)25-20-7-3-2-5-17(20)14-22-26-23(27-30-22)18-6-4-12-24-15-18/h2-12,15H,13-14H2,1H3,(H,25,28). The average molecular weight is 400 g/mol. The Hall–Kier alpha value is -4.00. The summed E-state index contributed by atoms with van der Waals surface area (Å²) >= 11 is 0. The van der Waals surface area contributed by atoms with Gasteiger partial charge in [-0.2, -0.15) is 4.98 Å². The van der Waals surface area contributed by atoms with Crippen LogP contribution in [0.2, 0.25) is 0 Å². The van der Waals surface area contributed by atoms with Gasteiger partial charge in [0.15, 0.2) is 0 Å². The van der Waals surface area contributed by atoms with Crippen LogP contribution in [0.1, 0.15) is 17.0 Å². The maximum absolute atomic E-state index is 12.5. The molecule has 0 saturated heterocycles. The number of carbonyl (C=O) groups is 1. The number of nitrogens with one attached hydrogen (secondary N) is 1. The van der Waals surface area contributed by atoms with Gasteiger partial charge in [0.25, 0.3) is 0 Å². The molecule has 1 N–H and O–H groups in total. The summed E-state index contributed by atoms with van der Waals surface area (Å²) in [4.78, 5) is 21.0. The van der Waals surface area contributed by atoms with Gasteiger partial charge >= 0.3 is 0 Å². The molecule has 4 rings (SSSR count). The highest BCUT2D eigenvalue weighted by Crippen LogP contribution is 2.21. The molecular formula is C23H20N4O3. The molecule has 2 heterocycles. The highest BCUT2D eigenvalue weighted by atomic mass is 16.5. The average Bonchev–Trinajstić information content (AvgIpc) is 3.25. The van der Waals surface area contributed by atoms with E-state index < -0.39 is 0 Å². The Bertz CT molecular complexity index is 1120. The molecule has 0 aliphatic rings. The number of pyridine rings is 1. The highest BCUT2D eigenvalue weighted by molar-refractivity contribution is 5.93. The smallest absolute Gasteiger partial charge is 0.231 e. The Morgan fingerprint density at radius 1 is 1.07 bits per heavy atom. The molecule has 0 atom stereocenters. The molecule has 1 amide bonds. The van der Waals surface area contributed by atoms with Gasteiger partial charge in [0.2, 0.25) is 17.6 Å². The number of para-hydroxylation sites is 1. The first-order valence-corrected chi connectivity index (χ1v) is 9.45. The van der Waals surface area contributed by atoms with E-state index in [-0.39, 0.29) is 12.3 Å². The van der Waals surface area contributed by atoms with Crippen LogP contribution in [0.25, 0.3) is 11.4 Å². The molecule has 0 aliphatic heterocycles. The minimum absolute atomic E-state index is 0.103. The van der Waals surface area contributed by atoms with Crippen LogP contribution in [0.3, 0.4) is 0 Å². The first kappa shape index (κ1) is 19.3. The minimum Gasteiger partial charge on any atom is -0.497 e. The fraction of sp³-hybridized carbons (Fsp3) is 0.130. The van der Waals surface area contributed by atoms with E-state index in [1.165, 1.54) is 0 Å². The molecule has 0 saturated carbocycles. The van der Waals surface area contributed by atoms with Crippen molar-refractivity contribution in [3.05, 3.63) is 90.1 Å². The van der Waals surface area contributed by atoms with E-state index in [2.05, 4.69) is 20.4 Å². The molecule has 7 heteroatoms. The van der Waals surface area contributed by atoms with Crippen LogP contribution in [0, 0.1) is 0 Å². The summed E-state index contributed by atoms with van der Waals surface area (Å²) in [7, 11) is 1.61. The van der Waals surface area contributed by atoms with E-state index in [9.17, 15) is 4.79 Å².